The van der Waals surface area contributed by atoms with Gasteiger partial charge >= 0.3 is 0 Å². The van der Waals surface area contributed by atoms with E-state index >= 15 is 4.39 Å². The number of rotatable bonds is 8. The van der Waals surface area contributed by atoms with Crippen molar-refractivity contribution in [1.82, 2.24) is 14.9 Å². The van der Waals surface area contributed by atoms with E-state index in [0.717, 1.165) is 37.0 Å². The van der Waals surface area contributed by atoms with Crippen molar-refractivity contribution in [2.45, 2.75) is 49.5 Å². The highest BCUT2D eigenvalue weighted by Gasteiger charge is 2.34. The number of hydrogen-bond acceptors (Lipinski definition) is 7. The van der Waals surface area contributed by atoms with Gasteiger partial charge in [-0.05, 0) is 86.8 Å². The lowest BCUT2D eigenvalue weighted by atomic mass is 9.97. The van der Waals surface area contributed by atoms with Crippen molar-refractivity contribution in [3.8, 4) is 21.7 Å². The third-order valence-electron chi connectivity index (χ3n) is 7.59. The number of nitrogens with zero attached hydrogens (tertiary/aromatic N) is 3. The first kappa shape index (κ1) is 29.3. The van der Waals surface area contributed by atoms with Crippen LogP contribution in [0.1, 0.15) is 43.5 Å². The summed E-state index contributed by atoms with van der Waals surface area (Å²) < 4.78 is 72.1. The average Bonchev–Trinajstić information content (AvgIpc) is 3.73. The molecule has 1 saturated heterocycles. The molecular weight excluding hydrogens is 599 g/mol. The lowest BCUT2D eigenvalue weighted by Crippen LogP contribution is -2.34. The zero-order valence-corrected chi connectivity index (χ0v) is 24.7. The summed E-state index contributed by atoms with van der Waals surface area (Å²) in [6.45, 7) is 3.30. The minimum Gasteiger partial charge on any atom is -0.311 e. The Kier molecular flexibility index (Phi) is 7.96. The number of hydrogen-bond donors (Lipinski definition) is 2. The Morgan fingerprint density at radius 2 is 1.79 bits per heavy atom. The highest BCUT2D eigenvalue weighted by Crippen LogP contribution is 2.44. The Morgan fingerprint density at radius 1 is 1.02 bits per heavy atom. The molecule has 2 aliphatic rings. The fourth-order valence-corrected chi connectivity index (χ4v) is 7.73. The Balaban J connectivity index is 1.39. The zero-order chi connectivity index (χ0) is 30.3. The van der Waals surface area contributed by atoms with Gasteiger partial charge in [0.05, 0.1) is 21.3 Å². The molecule has 0 spiro atoms. The number of likely N-dealkylation sites (tertiary alicyclic amines) is 1. The molecule has 13 heteroatoms. The molecule has 2 aromatic heterocycles. The number of piperidine rings is 1. The van der Waals surface area contributed by atoms with Gasteiger partial charge in [0.25, 0.3) is 10.0 Å². The molecule has 1 amide bonds. The highest BCUT2D eigenvalue weighted by molar-refractivity contribution is 7.92. The van der Waals surface area contributed by atoms with Crippen LogP contribution in [0.4, 0.5) is 24.7 Å². The zero-order valence-electron chi connectivity index (χ0n) is 23.1. The lowest BCUT2D eigenvalue weighted by molar-refractivity contribution is -0.114. The summed E-state index contributed by atoms with van der Waals surface area (Å²) in [4.78, 5) is 23.0. The van der Waals surface area contributed by atoms with Crippen LogP contribution in [0.15, 0.2) is 59.6 Å². The molecule has 4 aromatic rings. The largest absolute Gasteiger partial charge is 0.311 e. The topological polar surface area (TPSA) is 104 Å². The number of thiazole rings is 1. The molecule has 2 aromatic carbocycles. The van der Waals surface area contributed by atoms with Gasteiger partial charge in [-0.1, -0.05) is 6.07 Å². The molecule has 3 heterocycles. The molecule has 43 heavy (non-hydrogen) atoms. The van der Waals surface area contributed by atoms with E-state index in [-0.39, 0.29) is 17.4 Å². The maximum absolute atomic E-state index is 16.1. The predicted molar refractivity (Wildman–Crippen MR) is 159 cm³/mol. The van der Waals surface area contributed by atoms with E-state index in [1.54, 1.807) is 12.1 Å². The van der Waals surface area contributed by atoms with Crippen molar-refractivity contribution in [3.05, 3.63) is 77.2 Å². The summed E-state index contributed by atoms with van der Waals surface area (Å²) in [7, 11) is -4.66. The van der Waals surface area contributed by atoms with Gasteiger partial charge in [0.2, 0.25) is 5.91 Å². The van der Waals surface area contributed by atoms with E-state index in [0.29, 0.717) is 40.1 Å². The maximum atomic E-state index is 16.1. The number of sulfonamides is 1. The van der Waals surface area contributed by atoms with E-state index < -0.39 is 38.1 Å². The first-order valence-electron chi connectivity index (χ1n) is 13.8. The summed E-state index contributed by atoms with van der Waals surface area (Å²) in [6.07, 6.45) is 5.84. The number of pyridine rings is 1. The SMILES string of the molecule is CC(=O)Nc1cc(-c2sc(C3CCN(C4CC4)CC3)nc2-c2cccc(NS(=O)(=O)c3cc(F)ccc3F)c2F)ccn1. The monoisotopic (exact) mass is 627 g/mol. The fourth-order valence-electron chi connectivity index (χ4n) is 5.34. The molecule has 8 nitrogen and oxygen atoms in total. The Bertz CT molecular complexity index is 1800. The Labute approximate surface area is 251 Å². The van der Waals surface area contributed by atoms with Gasteiger partial charge in [0.15, 0.2) is 5.82 Å². The van der Waals surface area contributed by atoms with Crippen LogP contribution in [-0.4, -0.2) is 48.3 Å². The van der Waals surface area contributed by atoms with Crippen LogP contribution >= 0.6 is 11.3 Å². The van der Waals surface area contributed by atoms with Gasteiger partial charge in [-0.3, -0.25) is 9.52 Å². The van der Waals surface area contributed by atoms with Crippen LogP contribution in [0.5, 0.6) is 0 Å². The predicted octanol–water partition coefficient (Wildman–Crippen LogP) is 6.39. The summed E-state index contributed by atoms with van der Waals surface area (Å²) in [5, 5.41) is 3.50. The van der Waals surface area contributed by atoms with Crippen LogP contribution in [0, 0.1) is 17.5 Å². The lowest BCUT2D eigenvalue weighted by Gasteiger charge is -2.30. The van der Waals surface area contributed by atoms with Crippen molar-refractivity contribution in [2.24, 2.45) is 0 Å². The molecule has 0 radical (unpaired) electrons. The van der Waals surface area contributed by atoms with E-state index in [2.05, 4.69) is 19.9 Å². The summed E-state index contributed by atoms with van der Waals surface area (Å²) >= 11 is 1.43. The van der Waals surface area contributed by atoms with Crippen molar-refractivity contribution in [3.63, 3.8) is 0 Å². The molecule has 2 N–H and O–H groups in total. The van der Waals surface area contributed by atoms with Crippen molar-refractivity contribution in [1.29, 1.82) is 0 Å². The van der Waals surface area contributed by atoms with Crippen molar-refractivity contribution >= 4 is 38.8 Å². The third-order valence-corrected chi connectivity index (χ3v) is 10.2. The van der Waals surface area contributed by atoms with Crippen LogP contribution in [0.2, 0.25) is 0 Å². The summed E-state index contributed by atoms with van der Waals surface area (Å²) in [6, 6.07) is 10.3. The molecule has 0 bridgehead atoms. The van der Waals surface area contributed by atoms with E-state index in [1.807, 2.05) is 0 Å². The third kappa shape index (κ3) is 6.29. The van der Waals surface area contributed by atoms with Gasteiger partial charge in [0, 0.05) is 30.6 Å². The molecule has 1 aliphatic heterocycles. The molecule has 0 atom stereocenters. The first-order chi connectivity index (χ1) is 20.6. The van der Waals surface area contributed by atoms with Crippen LogP contribution in [-0.2, 0) is 14.8 Å². The quantitative estimate of drug-likeness (QED) is 0.235. The summed E-state index contributed by atoms with van der Waals surface area (Å²) in [5.41, 5.74) is 0.555. The summed E-state index contributed by atoms with van der Waals surface area (Å²) in [5.74, 6) is -2.83. The second kappa shape index (κ2) is 11.7. The van der Waals surface area contributed by atoms with Crippen LogP contribution in [0.3, 0.4) is 0 Å². The molecule has 1 saturated carbocycles. The average molecular weight is 628 g/mol. The molecule has 0 unspecified atom stereocenters. The number of amides is 1. The number of anilines is 2. The number of benzene rings is 2. The van der Waals surface area contributed by atoms with Gasteiger partial charge in [0.1, 0.15) is 22.3 Å². The minimum atomic E-state index is -4.66. The number of carbonyl (C=O) groups is 1. The molecule has 1 aliphatic carbocycles. The van der Waals surface area contributed by atoms with Gasteiger partial charge in [-0.25, -0.2) is 31.6 Å². The van der Waals surface area contributed by atoms with Gasteiger partial charge in [-0.15, -0.1) is 11.3 Å². The first-order valence-corrected chi connectivity index (χ1v) is 16.1. The molecule has 6 rings (SSSR count). The normalized spacial score (nSPS) is 16.3. The second-order valence-electron chi connectivity index (χ2n) is 10.7. The number of halogens is 3. The van der Waals surface area contributed by atoms with E-state index in [4.69, 9.17) is 4.98 Å². The van der Waals surface area contributed by atoms with Gasteiger partial charge < -0.3 is 10.2 Å². The highest BCUT2D eigenvalue weighted by atomic mass is 32.2. The number of aromatic nitrogens is 2. The molecular formula is C30H28F3N5O3S2. The minimum absolute atomic E-state index is 0.0331. The van der Waals surface area contributed by atoms with Crippen LogP contribution < -0.4 is 10.0 Å². The number of carbonyl (C=O) groups excluding carboxylic acids is 1. The second-order valence-corrected chi connectivity index (χ2v) is 13.4. The molecule has 2 fully saturated rings. The van der Waals surface area contributed by atoms with E-state index in [1.165, 1.54) is 55.5 Å². The standard InChI is InChI=1S/C30H28F3N5O3S2/c1-17(39)35-26-15-19(9-12-34-26)29-28(36-30(42-29)18-10-13-38(14-11-18)21-6-7-21)22-3-2-4-24(27(22)33)37-43(40,41)25-16-20(31)5-8-23(25)32/h2-5,8-9,12,15-16,18,21,37H,6-7,10-11,13-14H2,1H3,(H,34,35,39). The van der Waals surface area contributed by atoms with Gasteiger partial charge in [-0.2, -0.15) is 0 Å². The molecule has 224 valence electrons. The Hall–Kier alpha value is -3.81. The van der Waals surface area contributed by atoms with Crippen LogP contribution in [0.25, 0.3) is 21.7 Å². The fraction of sp³-hybridized carbons (Fsp3) is 0.300. The Morgan fingerprint density at radius 3 is 2.51 bits per heavy atom. The van der Waals surface area contributed by atoms with E-state index in [9.17, 15) is 22.0 Å². The van der Waals surface area contributed by atoms with Crippen molar-refractivity contribution in [2.75, 3.05) is 23.1 Å². The number of nitrogens with one attached hydrogen (secondary N) is 2. The maximum Gasteiger partial charge on any atom is 0.265 e. The smallest absolute Gasteiger partial charge is 0.265 e. The van der Waals surface area contributed by atoms with Crippen molar-refractivity contribution < 1.29 is 26.4 Å².